The summed E-state index contributed by atoms with van der Waals surface area (Å²) >= 11 is 0. The fourth-order valence-electron chi connectivity index (χ4n) is 0.949. The number of carbonyl (C=O) groups is 1. The molecule has 14 heavy (non-hydrogen) atoms. The molecule has 0 radical (unpaired) electrons. The van der Waals surface area contributed by atoms with Gasteiger partial charge < -0.3 is 9.88 Å². The molecule has 0 spiro atoms. The summed E-state index contributed by atoms with van der Waals surface area (Å²) in [4.78, 5) is 20.7. The molecular weight excluding hydrogens is 180 g/mol. The Bertz CT molecular complexity index is 277. The van der Waals surface area contributed by atoms with E-state index in [1.165, 1.54) is 0 Å². The van der Waals surface area contributed by atoms with E-state index in [0.29, 0.717) is 6.67 Å². The van der Waals surface area contributed by atoms with Crippen LogP contribution >= 0.6 is 0 Å². The van der Waals surface area contributed by atoms with Gasteiger partial charge in [-0.3, -0.25) is 9.69 Å². The molecule has 1 N–H and O–H groups in total. The number of nitrogens with zero attached hydrogens (tertiary/aromatic N) is 3. The molecule has 0 aliphatic carbocycles. The molecule has 0 aromatic carbocycles. The molecule has 0 saturated carbocycles. The summed E-state index contributed by atoms with van der Waals surface area (Å²) in [6, 6.07) is 0. The Balaban J connectivity index is 0.000000165. The van der Waals surface area contributed by atoms with Crippen molar-refractivity contribution in [3.63, 3.8) is 0 Å². The molecule has 1 amide bonds. The number of hydrogen-bond acceptors (Lipinski definition) is 3. The molecule has 0 fully saturated rings. The van der Waals surface area contributed by atoms with Gasteiger partial charge in [0.15, 0.2) is 0 Å². The van der Waals surface area contributed by atoms with Gasteiger partial charge in [0.1, 0.15) is 0 Å². The van der Waals surface area contributed by atoms with Crippen LogP contribution in [0.2, 0.25) is 0 Å². The second-order valence-corrected chi connectivity index (χ2v) is 2.95. The summed E-state index contributed by atoms with van der Waals surface area (Å²) in [5.41, 5.74) is 0. The summed E-state index contributed by atoms with van der Waals surface area (Å²) < 4.78 is 0. The quantitative estimate of drug-likeness (QED) is 0.658. The minimum absolute atomic E-state index is 0.0931. The molecule has 0 saturated heterocycles. The van der Waals surface area contributed by atoms with Crippen molar-refractivity contribution in [2.75, 3.05) is 13.7 Å². The Hall–Kier alpha value is -1.78. The largest absolute Gasteiger partial charge is 0.361 e. The van der Waals surface area contributed by atoms with Gasteiger partial charge >= 0.3 is 0 Å². The third-order valence-corrected chi connectivity index (χ3v) is 1.69. The smallest absolute Gasteiger partial charge is 0.224 e. The van der Waals surface area contributed by atoms with Crippen molar-refractivity contribution >= 4 is 5.91 Å². The van der Waals surface area contributed by atoms with Crippen molar-refractivity contribution in [2.45, 2.75) is 6.92 Å². The van der Waals surface area contributed by atoms with Crippen molar-refractivity contribution < 1.29 is 4.79 Å². The van der Waals surface area contributed by atoms with E-state index in [9.17, 15) is 4.79 Å². The molecule has 5 heteroatoms. The van der Waals surface area contributed by atoms with E-state index in [4.69, 9.17) is 0 Å². The SMILES string of the molecule is CC(=O)N1C=CN(C)C1.c1c[nH]cn1. The number of hydrogen-bond donors (Lipinski definition) is 1. The lowest BCUT2D eigenvalue weighted by Gasteiger charge is -2.13. The molecule has 0 bridgehead atoms. The molecule has 0 unspecified atom stereocenters. The number of carbonyl (C=O) groups excluding carboxylic acids is 1. The van der Waals surface area contributed by atoms with Crippen LogP contribution in [0.25, 0.3) is 0 Å². The number of aromatic nitrogens is 2. The number of H-pyrrole nitrogens is 1. The maximum atomic E-state index is 10.6. The van der Waals surface area contributed by atoms with Crippen LogP contribution in [0.3, 0.4) is 0 Å². The number of imidazole rings is 1. The van der Waals surface area contributed by atoms with Gasteiger partial charge in [-0.05, 0) is 0 Å². The summed E-state index contributed by atoms with van der Waals surface area (Å²) in [5, 5.41) is 0. The Morgan fingerprint density at radius 2 is 2.29 bits per heavy atom. The number of nitrogens with one attached hydrogen (secondary N) is 1. The van der Waals surface area contributed by atoms with Crippen molar-refractivity contribution in [2.24, 2.45) is 0 Å². The van der Waals surface area contributed by atoms with E-state index in [1.54, 1.807) is 36.7 Å². The van der Waals surface area contributed by atoms with Crippen LogP contribution in [0.4, 0.5) is 0 Å². The Labute approximate surface area is 83.0 Å². The van der Waals surface area contributed by atoms with E-state index in [-0.39, 0.29) is 5.91 Å². The fraction of sp³-hybridized carbons (Fsp3) is 0.333. The zero-order valence-corrected chi connectivity index (χ0v) is 8.34. The van der Waals surface area contributed by atoms with Crippen molar-refractivity contribution in [3.8, 4) is 0 Å². The Morgan fingerprint density at radius 1 is 1.50 bits per heavy atom. The average Bonchev–Trinajstić information content (AvgIpc) is 2.74. The highest BCUT2D eigenvalue weighted by Gasteiger charge is 2.10. The lowest BCUT2D eigenvalue weighted by atomic mass is 10.6. The molecule has 1 aromatic heterocycles. The van der Waals surface area contributed by atoms with Crippen LogP contribution in [-0.4, -0.2) is 39.4 Å². The van der Waals surface area contributed by atoms with Gasteiger partial charge in [0.25, 0.3) is 0 Å². The molecule has 0 atom stereocenters. The average molecular weight is 194 g/mol. The second-order valence-electron chi connectivity index (χ2n) is 2.95. The Morgan fingerprint density at radius 3 is 2.50 bits per heavy atom. The summed E-state index contributed by atoms with van der Waals surface area (Å²) in [6.07, 6.45) is 8.74. The molecule has 2 rings (SSSR count). The predicted octanol–water partition coefficient (Wildman–Crippen LogP) is 0.619. The first-order valence-electron chi connectivity index (χ1n) is 4.28. The number of rotatable bonds is 0. The molecule has 76 valence electrons. The Kier molecular flexibility index (Phi) is 3.72. The topological polar surface area (TPSA) is 52.2 Å². The minimum Gasteiger partial charge on any atom is -0.361 e. The molecule has 1 aliphatic rings. The minimum atomic E-state index is 0.0931. The molecule has 1 aliphatic heterocycles. The van der Waals surface area contributed by atoms with E-state index in [1.807, 2.05) is 18.1 Å². The van der Waals surface area contributed by atoms with Crippen LogP contribution in [0, 0.1) is 0 Å². The van der Waals surface area contributed by atoms with E-state index < -0.39 is 0 Å². The standard InChI is InChI=1S/C6H10N2O.C3H4N2/c1-6(9)8-4-3-7(2)5-8;1-2-5-3-4-1/h3-4H,5H2,1-2H3;1-3H,(H,4,5). The number of aromatic amines is 1. The third kappa shape index (κ3) is 3.30. The van der Waals surface area contributed by atoms with Gasteiger partial charge in [0.05, 0.1) is 13.0 Å². The van der Waals surface area contributed by atoms with Crippen LogP contribution in [0.1, 0.15) is 6.92 Å². The van der Waals surface area contributed by atoms with E-state index in [2.05, 4.69) is 9.97 Å². The summed E-state index contributed by atoms with van der Waals surface area (Å²) in [7, 11) is 1.93. The summed E-state index contributed by atoms with van der Waals surface area (Å²) in [6.45, 7) is 2.25. The maximum Gasteiger partial charge on any atom is 0.224 e. The van der Waals surface area contributed by atoms with Crippen molar-refractivity contribution in [3.05, 3.63) is 31.1 Å². The predicted molar refractivity (Wildman–Crippen MR) is 52.9 cm³/mol. The van der Waals surface area contributed by atoms with Crippen LogP contribution in [0.5, 0.6) is 0 Å². The highest BCUT2D eigenvalue weighted by Crippen LogP contribution is 2.02. The van der Waals surface area contributed by atoms with Crippen molar-refractivity contribution in [1.82, 2.24) is 19.8 Å². The van der Waals surface area contributed by atoms with Gasteiger partial charge in [-0.1, -0.05) is 0 Å². The van der Waals surface area contributed by atoms with Gasteiger partial charge in [0, 0.05) is 38.8 Å². The second kappa shape index (κ2) is 5.06. The molecule has 2 heterocycles. The fourth-order valence-corrected chi connectivity index (χ4v) is 0.949. The van der Waals surface area contributed by atoms with E-state index in [0.717, 1.165) is 0 Å². The highest BCUT2D eigenvalue weighted by atomic mass is 16.2. The maximum absolute atomic E-state index is 10.6. The van der Waals surface area contributed by atoms with Crippen molar-refractivity contribution in [1.29, 1.82) is 0 Å². The number of amides is 1. The molecular formula is C9H14N4O. The van der Waals surface area contributed by atoms with Gasteiger partial charge in [-0.25, -0.2) is 4.98 Å². The van der Waals surface area contributed by atoms with Crippen LogP contribution in [0.15, 0.2) is 31.1 Å². The molecule has 1 aromatic rings. The zero-order chi connectivity index (χ0) is 10.4. The van der Waals surface area contributed by atoms with Gasteiger partial charge in [0.2, 0.25) is 5.91 Å². The first kappa shape index (κ1) is 10.3. The van der Waals surface area contributed by atoms with Crippen LogP contribution < -0.4 is 0 Å². The zero-order valence-electron chi connectivity index (χ0n) is 8.34. The highest BCUT2D eigenvalue weighted by molar-refractivity contribution is 5.74. The van der Waals surface area contributed by atoms with Gasteiger partial charge in [-0.2, -0.15) is 0 Å². The third-order valence-electron chi connectivity index (χ3n) is 1.69. The lowest BCUT2D eigenvalue weighted by Crippen LogP contribution is -2.26. The normalized spacial score (nSPS) is 13.9. The monoisotopic (exact) mass is 194 g/mol. The molecule has 5 nitrogen and oxygen atoms in total. The first-order chi connectivity index (χ1) is 6.70. The van der Waals surface area contributed by atoms with E-state index >= 15 is 0 Å². The van der Waals surface area contributed by atoms with Crippen LogP contribution in [-0.2, 0) is 4.79 Å². The first-order valence-corrected chi connectivity index (χ1v) is 4.28. The summed E-state index contributed by atoms with van der Waals surface area (Å²) in [5.74, 6) is 0.0931. The lowest BCUT2D eigenvalue weighted by molar-refractivity contribution is -0.126. The van der Waals surface area contributed by atoms with Gasteiger partial charge in [-0.15, -0.1) is 0 Å².